The van der Waals surface area contributed by atoms with Gasteiger partial charge in [-0.25, -0.2) is 4.98 Å². The molecule has 0 atom stereocenters. The number of nitrogens with zero attached hydrogens (tertiary/aromatic N) is 3. The molecule has 3 nitrogen and oxygen atoms in total. The molecule has 13 heavy (non-hydrogen) atoms. The molecule has 0 unspecified atom stereocenters. The van der Waals surface area contributed by atoms with Crippen molar-refractivity contribution < 1.29 is 0 Å². The third-order valence-electron chi connectivity index (χ3n) is 1.75. The van der Waals surface area contributed by atoms with Crippen molar-refractivity contribution in [3.63, 3.8) is 0 Å². The molecule has 0 N–H and O–H groups in total. The van der Waals surface area contributed by atoms with E-state index in [2.05, 4.69) is 4.98 Å². The fourth-order valence-electron chi connectivity index (χ4n) is 1.20. The topological polar surface area (TPSA) is 41.1 Å². The van der Waals surface area contributed by atoms with Crippen LogP contribution in [0.4, 0.5) is 0 Å². The Hall–Kier alpha value is -1.53. The maximum absolute atomic E-state index is 8.48. The number of nitriles is 1. The van der Waals surface area contributed by atoms with E-state index in [0.717, 1.165) is 5.69 Å². The summed E-state index contributed by atoms with van der Waals surface area (Å²) in [7, 11) is 0. The van der Waals surface area contributed by atoms with Gasteiger partial charge < -0.3 is 4.40 Å². The predicted molar refractivity (Wildman–Crippen MR) is 49.5 cm³/mol. The van der Waals surface area contributed by atoms with E-state index in [0.29, 0.717) is 17.1 Å². The van der Waals surface area contributed by atoms with Gasteiger partial charge in [0.25, 0.3) is 0 Å². The van der Waals surface area contributed by atoms with Gasteiger partial charge in [0.15, 0.2) is 5.65 Å². The van der Waals surface area contributed by atoms with Crippen molar-refractivity contribution in [2.24, 2.45) is 0 Å². The van der Waals surface area contributed by atoms with E-state index in [1.807, 2.05) is 28.9 Å². The highest BCUT2D eigenvalue weighted by Crippen LogP contribution is 2.15. The molecule has 64 valence electrons. The second kappa shape index (κ2) is 3.08. The van der Waals surface area contributed by atoms with Crippen molar-refractivity contribution in [2.75, 3.05) is 0 Å². The monoisotopic (exact) mass is 191 g/mol. The summed E-state index contributed by atoms with van der Waals surface area (Å²) >= 11 is 5.90. The molecule has 0 aromatic carbocycles. The normalized spacial score (nSPS) is 10.2. The molecule has 0 aliphatic carbocycles. The first-order chi connectivity index (χ1) is 6.31. The predicted octanol–water partition coefficient (Wildman–Crippen LogP) is 2.05. The molecule has 0 spiro atoms. The van der Waals surface area contributed by atoms with E-state index >= 15 is 0 Å². The molecule has 0 radical (unpaired) electrons. The lowest BCUT2D eigenvalue weighted by atomic mass is 10.4. The number of pyridine rings is 1. The van der Waals surface area contributed by atoms with Gasteiger partial charge in [-0.3, -0.25) is 0 Å². The lowest BCUT2D eigenvalue weighted by molar-refractivity contribution is 1.16. The van der Waals surface area contributed by atoms with E-state index in [-0.39, 0.29) is 0 Å². The van der Waals surface area contributed by atoms with Crippen molar-refractivity contribution in [1.82, 2.24) is 9.38 Å². The molecular formula is C9H6ClN3. The van der Waals surface area contributed by atoms with Crippen LogP contribution in [-0.4, -0.2) is 9.38 Å². The summed E-state index contributed by atoms with van der Waals surface area (Å²) in [6.45, 7) is 0. The summed E-state index contributed by atoms with van der Waals surface area (Å²) in [4.78, 5) is 4.21. The summed E-state index contributed by atoms with van der Waals surface area (Å²) in [5.41, 5.74) is 1.45. The second-order valence-corrected chi connectivity index (χ2v) is 3.06. The van der Waals surface area contributed by atoms with Crippen LogP contribution in [0.5, 0.6) is 0 Å². The van der Waals surface area contributed by atoms with Gasteiger partial charge >= 0.3 is 0 Å². The molecule has 0 bridgehead atoms. The van der Waals surface area contributed by atoms with E-state index in [1.54, 1.807) is 6.07 Å². The maximum atomic E-state index is 8.48. The van der Waals surface area contributed by atoms with Crippen LogP contribution < -0.4 is 0 Å². The van der Waals surface area contributed by atoms with Crippen LogP contribution in [0.1, 0.15) is 5.69 Å². The smallest absolute Gasteiger partial charge is 0.155 e. The van der Waals surface area contributed by atoms with Gasteiger partial charge in [-0.05, 0) is 12.1 Å². The number of hydrogen-bond acceptors (Lipinski definition) is 2. The Morgan fingerprint density at radius 2 is 2.46 bits per heavy atom. The Bertz CT molecular complexity index is 481. The van der Waals surface area contributed by atoms with E-state index in [4.69, 9.17) is 16.9 Å². The maximum Gasteiger partial charge on any atom is 0.155 e. The van der Waals surface area contributed by atoms with Crippen LogP contribution in [0.2, 0.25) is 5.02 Å². The number of imidazole rings is 1. The van der Waals surface area contributed by atoms with Crippen LogP contribution in [0.25, 0.3) is 5.65 Å². The molecular weight excluding hydrogens is 186 g/mol. The van der Waals surface area contributed by atoms with Crippen molar-refractivity contribution in [2.45, 2.75) is 6.42 Å². The van der Waals surface area contributed by atoms with Crippen LogP contribution >= 0.6 is 11.6 Å². The lowest BCUT2D eigenvalue weighted by Crippen LogP contribution is -1.80. The Kier molecular flexibility index (Phi) is 1.91. The summed E-state index contributed by atoms with van der Waals surface area (Å²) in [5, 5.41) is 9.09. The minimum atomic E-state index is 0.317. The molecule has 4 heteroatoms. The Morgan fingerprint density at radius 1 is 1.62 bits per heavy atom. The van der Waals surface area contributed by atoms with Gasteiger partial charge in [-0.2, -0.15) is 5.26 Å². The number of halogens is 1. The quantitative estimate of drug-likeness (QED) is 0.692. The molecule has 0 aliphatic rings. The Labute approximate surface area is 80.2 Å². The molecule has 2 rings (SSSR count). The van der Waals surface area contributed by atoms with Gasteiger partial charge in [-0.1, -0.05) is 11.6 Å². The molecule has 2 aromatic heterocycles. The van der Waals surface area contributed by atoms with Gasteiger partial charge in [0.05, 0.1) is 23.2 Å². The zero-order chi connectivity index (χ0) is 9.26. The first-order valence-corrected chi connectivity index (χ1v) is 4.18. The third kappa shape index (κ3) is 1.36. The Morgan fingerprint density at radius 3 is 3.15 bits per heavy atom. The van der Waals surface area contributed by atoms with E-state index in [1.165, 1.54) is 0 Å². The molecule has 2 heterocycles. The van der Waals surface area contributed by atoms with E-state index in [9.17, 15) is 0 Å². The molecule has 0 amide bonds. The largest absolute Gasteiger partial charge is 0.306 e. The SMILES string of the molecule is N#CCc1cn2cccc(Cl)c2n1. The average Bonchev–Trinajstić information content (AvgIpc) is 2.49. The standard InChI is InChI=1S/C9H6ClN3/c10-8-2-1-5-13-6-7(3-4-11)12-9(8)13/h1-2,5-6H,3H2. The molecule has 0 saturated heterocycles. The van der Waals surface area contributed by atoms with Crippen molar-refractivity contribution in [1.29, 1.82) is 5.26 Å². The molecule has 0 fully saturated rings. The summed E-state index contributed by atoms with van der Waals surface area (Å²) in [5.74, 6) is 0. The third-order valence-corrected chi connectivity index (χ3v) is 2.04. The molecule has 2 aromatic rings. The number of aromatic nitrogens is 2. The van der Waals surface area contributed by atoms with Crippen molar-refractivity contribution in [3.8, 4) is 6.07 Å². The minimum absolute atomic E-state index is 0.317. The first-order valence-electron chi connectivity index (χ1n) is 3.80. The summed E-state index contributed by atoms with van der Waals surface area (Å²) in [6.07, 6.45) is 3.98. The number of fused-ring (bicyclic) bond motifs is 1. The summed E-state index contributed by atoms with van der Waals surface area (Å²) < 4.78 is 1.81. The second-order valence-electron chi connectivity index (χ2n) is 2.65. The molecule has 0 saturated carbocycles. The fraction of sp³-hybridized carbons (Fsp3) is 0.111. The van der Waals surface area contributed by atoms with Gasteiger partial charge in [0.2, 0.25) is 0 Å². The van der Waals surface area contributed by atoms with Gasteiger partial charge in [0, 0.05) is 12.4 Å². The highest BCUT2D eigenvalue weighted by molar-refractivity contribution is 6.33. The highest BCUT2D eigenvalue weighted by Gasteiger charge is 2.03. The van der Waals surface area contributed by atoms with Crippen LogP contribution in [0, 0.1) is 11.3 Å². The van der Waals surface area contributed by atoms with Crippen molar-refractivity contribution >= 4 is 17.2 Å². The van der Waals surface area contributed by atoms with Gasteiger partial charge in [-0.15, -0.1) is 0 Å². The fourth-order valence-corrected chi connectivity index (χ4v) is 1.41. The van der Waals surface area contributed by atoms with Crippen LogP contribution in [0.3, 0.4) is 0 Å². The first kappa shape index (κ1) is 8.09. The highest BCUT2D eigenvalue weighted by atomic mass is 35.5. The Balaban J connectivity index is 2.63. The minimum Gasteiger partial charge on any atom is -0.306 e. The zero-order valence-electron chi connectivity index (χ0n) is 6.74. The summed E-state index contributed by atoms with van der Waals surface area (Å²) in [6, 6.07) is 5.66. The van der Waals surface area contributed by atoms with Crippen LogP contribution in [0.15, 0.2) is 24.5 Å². The van der Waals surface area contributed by atoms with E-state index < -0.39 is 0 Å². The van der Waals surface area contributed by atoms with Crippen LogP contribution in [-0.2, 0) is 6.42 Å². The zero-order valence-corrected chi connectivity index (χ0v) is 7.49. The average molecular weight is 192 g/mol. The van der Waals surface area contributed by atoms with Gasteiger partial charge in [0.1, 0.15) is 0 Å². The van der Waals surface area contributed by atoms with Crippen molar-refractivity contribution in [3.05, 3.63) is 35.2 Å². The lowest BCUT2D eigenvalue weighted by Gasteiger charge is -1.92. The number of hydrogen-bond donors (Lipinski definition) is 0. The number of rotatable bonds is 1. The molecule has 0 aliphatic heterocycles.